The molecular weight excluding hydrogens is 426 g/mol. The van der Waals surface area contributed by atoms with Gasteiger partial charge in [0.1, 0.15) is 11.1 Å². The number of carbonyl (C=O) groups is 1. The number of amides is 1. The lowest BCUT2D eigenvalue weighted by Gasteiger charge is -2.25. The third-order valence-electron chi connectivity index (χ3n) is 6.25. The third-order valence-corrected chi connectivity index (χ3v) is 7.35. The van der Waals surface area contributed by atoms with Crippen LogP contribution in [0.25, 0.3) is 0 Å². The molecule has 4 nitrogen and oxygen atoms in total. The summed E-state index contributed by atoms with van der Waals surface area (Å²) in [6, 6.07) is 22.8. The zero-order valence-electron chi connectivity index (χ0n) is 19.3. The van der Waals surface area contributed by atoms with E-state index in [1.807, 2.05) is 43.3 Å². The number of aromatic nitrogens is 1. The van der Waals surface area contributed by atoms with Gasteiger partial charge in [-0.3, -0.25) is 4.79 Å². The Bertz CT molecular complexity index is 1170. The van der Waals surface area contributed by atoms with Crippen LogP contribution in [0.3, 0.4) is 0 Å². The van der Waals surface area contributed by atoms with Crippen molar-refractivity contribution in [3.63, 3.8) is 0 Å². The van der Waals surface area contributed by atoms with Gasteiger partial charge in [0, 0.05) is 11.4 Å². The van der Waals surface area contributed by atoms with Gasteiger partial charge in [-0.2, -0.15) is 5.26 Å². The first-order chi connectivity index (χ1) is 15.9. The summed E-state index contributed by atoms with van der Waals surface area (Å²) in [5, 5.41) is 13.0. The molecule has 0 fully saturated rings. The Hall–Kier alpha value is -3.10. The number of anilines is 1. The van der Waals surface area contributed by atoms with E-state index in [2.05, 4.69) is 49.5 Å². The highest BCUT2D eigenvalue weighted by Gasteiger charge is 2.25. The number of thioether (sulfide) groups is 1. The van der Waals surface area contributed by atoms with Gasteiger partial charge in [0.2, 0.25) is 5.91 Å². The molecular formula is C28H29N3OS. The van der Waals surface area contributed by atoms with Crippen molar-refractivity contribution in [1.29, 1.82) is 5.26 Å². The van der Waals surface area contributed by atoms with E-state index >= 15 is 0 Å². The second-order valence-electron chi connectivity index (χ2n) is 8.94. The normalized spacial score (nSPS) is 16.0. The number of nitrogens with zero attached hydrogens (tertiary/aromatic N) is 2. The number of fused-ring (bicyclic) bond motifs is 1. The van der Waals surface area contributed by atoms with Crippen molar-refractivity contribution in [1.82, 2.24) is 4.98 Å². The van der Waals surface area contributed by atoms with E-state index in [0.29, 0.717) is 22.4 Å². The maximum absolute atomic E-state index is 12.8. The van der Waals surface area contributed by atoms with Crippen LogP contribution in [-0.4, -0.2) is 16.1 Å². The minimum atomic E-state index is -0.368. The van der Waals surface area contributed by atoms with Gasteiger partial charge in [0.15, 0.2) is 0 Å². The van der Waals surface area contributed by atoms with Crippen LogP contribution >= 0.6 is 11.8 Å². The van der Waals surface area contributed by atoms with Crippen LogP contribution in [0.2, 0.25) is 0 Å². The van der Waals surface area contributed by atoms with Crippen molar-refractivity contribution in [2.24, 2.45) is 0 Å². The van der Waals surface area contributed by atoms with Crippen LogP contribution in [0.4, 0.5) is 5.69 Å². The van der Waals surface area contributed by atoms with Crippen molar-refractivity contribution in [2.75, 3.05) is 5.32 Å². The molecule has 0 spiro atoms. The summed E-state index contributed by atoms with van der Waals surface area (Å²) >= 11 is 1.35. The van der Waals surface area contributed by atoms with Gasteiger partial charge in [-0.05, 0) is 72.9 Å². The van der Waals surface area contributed by atoms with Crippen LogP contribution in [0.15, 0.2) is 65.7 Å². The van der Waals surface area contributed by atoms with E-state index in [-0.39, 0.29) is 11.2 Å². The molecule has 2 atom stereocenters. The summed E-state index contributed by atoms with van der Waals surface area (Å²) in [6.45, 7) is 6.15. The summed E-state index contributed by atoms with van der Waals surface area (Å²) in [5.41, 5.74) is 6.11. The Morgan fingerprint density at radius 3 is 2.52 bits per heavy atom. The van der Waals surface area contributed by atoms with Gasteiger partial charge in [0.25, 0.3) is 0 Å². The summed E-state index contributed by atoms with van der Waals surface area (Å²) in [7, 11) is 0. The Kier molecular flexibility index (Phi) is 7.15. The molecule has 2 unspecified atom stereocenters. The fourth-order valence-electron chi connectivity index (χ4n) is 4.24. The molecule has 168 valence electrons. The molecule has 1 aromatic heterocycles. The number of aryl methyl sites for hydroxylation is 1. The lowest BCUT2D eigenvalue weighted by atomic mass is 9.82. The number of carbonyl (C=O) groups excluding carboxylic acids is 1. The highest BCUT2D eigenvalue weighted by atomic mass is 32.2. The molecule has 0 saturated carbocycles. The fraction of sp³-hybridized carbons (Fsp3) is 0.321. The predicted molar refractivity (Wildman–Crippen MR) is 135 cm³/mol. The summed E-state index contributed by atoms with van der Waals surface area (Å²) < 4.78 is 0. The number of rotatable bonds is 6. The van der Waals surface area contributed by atoms with Crippen molar-refractivity contribution in [2.45, 2.75) is 62.1 Å². The highest BCUT2D eigenvalue weighted by Crippen LogP contribution is 2.35. The molecule has 1 amide bonds. The quantitative estimate of drug-likeness (QED) is 0.433. The summed E-state index contributed by atoms with van der Waals surface area (Å²) in [4.78, 5) is 17.6. The number of nitrogens with one attached hydrogen (secondary N) is 1. The molecule has 33 heavy (non-hydrogen) atoms. The van der Waals surface area contributed by atoms with Crippen molar-refractivity contribution in [3.05, 3.63) is 88.6 Å². The molecule has 1 aliphatic rings. The highest BCUT2D eigenvalue weighted by molar-refractivity contribution is 8.00. The van der Waals surface area contributed by atoms with Crippen molar-refractivity contribution < 1.29 is 4.79 Å². The monoisotopic (exact) mass is 455 g/mol. The number of nitriles is 1. The minimum absolute atomic E-state index is 0.0927. The van der Waals surface area contributed by atoms with Gasteiger partial charge >= 0.3 is 0 Å². The first-order valence-corrected chi connectivity index (χ1v) is 12.4. The Balaban J connectivity index is 1.46. The second kappa shape index (κ2) is 10.2. The Labute approximate surface area is 200 Å². The van der Waals surface area contributed by atoms with Crippen LogP contribution in [0, 0.1) is 11.3 Å². The molecule has 5 heteroatoms. The first kappa shape index (κ1) is 23.1. The maximum atomic E-state index is 12.8. The number of hydrogen-bond donors (Lipinski definition) is 1. The molecule has 0 aliphatic heterocycles. The Morgan fingerprint density at radius 2 is 1.85 bits per heavy atom. The van der Waals surface area contributed by atoms with Crippen molar-refractivity contribution in [3.8, 4) is 6.07 Å². The SMILES string of the molecule is CC(Sc1nc2c(cc1C#N)CC(c1ccccc1)CC2)C(=O)Nc1ccc(C(C)C)cc1. The van der Waals surface area contributed by atoms with Crippen LogP contribution in [-0.2, 0) is 17.6 Å². The predicted octanol–water partition coefficient (Wildman–Crippen LogP) is 6.47. The van der Waals surface area contributed by atoms with Gasteiger partial charge < -0.3 is 5.32 Å². The van der Waals surface area contributed by atoms with Gasteiger partial charge in [0.05, 0.1) is 10.8 Å². The number of pyridine rings is 1. The standard InChI is InChI=1S/C28H29N3OS/c1-18(2)20-9-12-25(13-10-20)30-27(32)19(3)33-28-24(17-29)16-23-15-22(11-14-26(23)31-28)21-7-5-4-6-8-21/h4-10,12-13,16,18-19,22H,11,14-15H2,1-3H3,(H,30,32). The molecule has 3 aromatic rings. The largest absolute Gasteiger partial charge is 0.325 e. The van der Waals surface area contributed by atoms with E-state index in [4.69, 9.17) is 4.98 Å². The van der Waals surface area contributed by atoms with Gasteiger partial charge in [-0.25, -0.2) is 4.98 Å². The van der Waals surface area contributed by atoms with Crippen LogP contribution < -0.4 is 5.32 Å². The second-order valence-corrected chi connectivity index (χ2v) is 10.3. The lowest BCUT2D eigenvalue weighted by Crippen LogP contribution is -2.23. The third kappa shape index (κ3) is 5.46. The topological polar surface area (TPSA) is 65.8 Å². The maximum Gasteiger partial charge on any atom is 0.237 e. The molecule has 2 aromatic carbocycles. The first-order valence-electron chi connectivity index (χ1n) is 11.5. The molecule has 0 radical (unpaired) electrons. The molecule has 0 bridgehead atoms. The Morgan fingerprint density at radius 1 is 1.12 bits per heavy atom. The average Bonchev–Trinajstić information content (AvgIpc) is 2.84. The number of hydrogen-bond acceptors (Lipinski definition) is 4. The van der Waals surface area contributed by atoms with E-state index in [1.165, 1.54) is 22.9 Å². The van der Waals surface area contributed by atoms with Crippen molar-refractivity contribution >= 4 is 23.4 Å². The van der Waals surface area contributed by atoms with Crippen LogP contribution in [0.1, 0.15) is 67.0 Å². The van der Waals surface area contributed by atoms with E-state index in [1.54, 1.807) is 0 Å². The minimum Gasteiger partial charge on any atom is -0.325 e. The number of benzene rings is 2. The van der Waals surface area contributed by atoms with E-state index in [0.717, 1.165) is 36.2 Å². The molecule has 0 saturated heterocycles. The summed E-state index contributed by atoms with van der Waals surface area (Å²) in [6.07, 6.45) is 2.83. The smallest absolute Gasteiger partial charge is 0.237 e. The van der Waals surface area contributed by atoms with E-state index in [9.17, 15) is 10.1 Å². The average molecular weight is 456 g/mol. The fourth-order valence-corrected chi connectivity index (χ4v) is 5.14. The molecule has 1 heterocycles. The lowest BCUT2D eigenvalue weighted by molar-refractivity contribution is -0.115. The molecule has 1 aliphatic carbocycles. The van der Waals surface area contributed by atoms with E-state index < -0.39 is 0 Å². The summed E-state index contributed by atoms with van der Waals surface area (Å²) in [5.74, 6) is 0.814. The van der Waals surface area contributed by atoms with Gasteiger partial charge in [-0.1, -0.05) is 68.1 Å². The van der Waals surface area contributed by atoms with Gasteiger partial charge in [-0.15, -0.1) is 0 Å². The zero-order chi connectivity index (χ0) is 23.4. The molecule has 4 rings (SSSR count). The zero-order valence-corrected chi connectivity index (χ0v) is 20.2. The molecule has 1 N–H and O–H groups in total. The van der Waals surface area contributed by atoms with Crippen LogP contribution in [0.5, 0.6) is 0 Å².